The van der Waals surface area contributed by atoms with Gasteiger partial charge in [0.15, 0.2) is 5.76 Å². The summed E-state index contributed by atoms with van der Waals surface area (Å²) in [6.45, 7) is 6.73. The molecule has 0 radical (unpaired) electrons. The summed E-state index contributed by atoms with van der Waals surface area (Å²) in [5.41, 5.74) is 5.03. The number of sulfonamides is 1. The fraction of sp³-hybridized carbons (Fsp3) is 0.318. The van der Waals surface area contributed by atoms with Crippen molar-refractivity contribution in [3.8, 4) is 17.1 Å². The third-order valence-electron chi connectivity index (χ3n) is 5.80. The minimum absolute atomic E-state index is 0.245. The summed E-state index contributed by atoms with van der Waals surface area (Å²) in [5, 5.41) is 3.81. The zero-order valence-corrected chi connectivity index (χ0v) is 17.8. The molecule has 0 unspecified atom stereocenters. The average molecular weight is 426 g/mol. The minimum Gasteiger partial charge on any atom is -0.488 e. The van der Waals surface area contributed by atoms with Crippen molar-refractivity contribution in [2.24, 2.45) is 0 Å². The van der Waals surface area contributed by atoms with E-state index in [0.29, 0.717) is 49.9 Å². The topological polar surface area (TPSA) is 75.9 Å². The van der Waals surface area contributed by atoms with E-state index in [0.717, 1.165) is 5.56 Å². The van der Waals surface area contributed by atoms with Crippen LogP contribution in [0, 0.1) is 13.8 Å². The first kappa shape index (κ1) is 19.1. The van der Waals surface area contributed by atoms with Gasteiger partial charge < -0.3 is 14.2 Å². The van der Waals surface area contributed by atoms with Crippen LogP contribution in [0.2, 0.25) is 0 Å². The summed E-state index contributed by atoms with van der Waals surface area (Å²) in [7, 11) is -3.62. The lowest BCUT2D eigenvalue weighted by Gasteiger charge is -2.36. The summed E-state index contributed by atoms with van der Waals surface area (Å²) in [4.78, 5) is 2.50. The summed E-state index contributed by atoms with van der Waals surface area (Å²) in [6.07, 6.45) is 1.60. The highest BCUT2D eigenvalue weighted by Crippen LogP contribution is 2.39. The molecule has 1 aromatic heterocycles. The molecular formula is C22H23N3O4S. The van der Waals surface area contributed by atoms with Crippen molar-refractivity contribution in [1.82, 2.24) is 9.46 Å². The number of fused-ring (bicyclic) bond motifs is 3. The fourth-order valence-corrected chi connectivity index (χ4v) is 5.54. The van der Waals surface area contributed by atoms with Crippen molar-refractivity contribution < 1.29 is 17.7 Å². The number of piperazine rings is 1. The Kier molecular flexibility index (Phi) is 4.56. The van der Waals surface area contributed by atoms with E-state index in [4.69, 9.17) is 9.26 Å². The maximum absolute atomic E-state index is 13.3. The Morgan fingerprint density at radius 3 is 2.60 bits per heavy atom. The molecule has 2 aliphatic heterocycles. The SMILES string of the molecule is Cc1ccc(C)c(N2CCN(S(=O)(=O)c3ccc4c(c3)-c3oncc3CO4)CC2)c1. The van der Waals surface area contributed by atoms with Crippen molar-refractivity contribution in [2.45, 2.75) is 25.3 Å². The molecular weight excluding hydrogens is 402 g/mol. The van der Waals surface area contributed by atoms with E-state index in [1.807, 2.05) is 0 Å². The molecule has 1 fully saturated rings. The number of benzene rings is 2. The van der Waals surface area contributed by atoms with E-state index in [1.165, 1.54) is 16.8 Å². The van der Waals surface area contributed by atoms with Crippen molar-refractivity contribution >= 4 is 15.7 Å². The Labute approximate surface area is 175 Å². The second kappa shape index (κ2) is 7.14. The lowest BCUT2D eigenvalue weighted by Crippen LogP contribution is -2.48. The van der Waals surface area contributed by atoms with Crippen LogP contribution in [-0.2, 0) is 16.6 Å². The summed E-state index contributed by atoms with van der Waals surface area (Å²) >= 11 is 0. The molecule has 3 aromatic rings. The monoisotopic (exact) mass is 425 g/mol. The lowest BCUT2D eigenvalue weighted by molar-refractivity contribution is 0.297. The fourth-order valence-electron chi connectivity index (χ4n) is 4.09. The van der Waals surface area contributed by atoms with Gasteiger partial charge in [-0.2, -0.15) is 4.31 Å². The van der Waals surface area contributed by atoms with E-state index in [1.54, 1.807) is 28.7 Å². The van der Waals surface area contributed by atoms with Gasteiger partial charge in [-0.05, 0) is 49.2 Å². The van der Waals surface area contributed by atoms with E-state index in [-0.39, 0.29) is 4.90 Å². The van der Waals surface area contributed by atoms with Gasteiger partial charge in [0.2, 0.25) is 10.0 Å². The Morgan fingerprint density at radius 2 is 1.80 bits per heavy atom. The van der Waals surface area contributed by atoms with Gasteiger partial charge >= 0.3 is 0 Å². The maximum Gasteiger partial charge on any atom is 0.243 e. The highest BCUT2D eigenvalue weighted by molar-refractivity contribution is 7.89. The first-order valence-electron chi connectivity index (χ1n) is 9.96. The van der Waals surface area contributed by atoms with Gasteiger partial charge in [-0.25, -0.2) is 8.42 Å². The molecule has 2 aromatic carbocycles. The molecule has 0 bridgehead atoms. The molecule has 30 heavy (non-hydrogen) atoms. The molecule has 2 aliphatic rings. The third kappa shape index (κ3) is 3.16. The highest BCUT2D eigenvalue weighted by Gasteiger charge is 2.31. The van der Waals surface area contributed by atoms with Crippen LogP contribution in [-0.4, -0.2) is 44.1 Å². The van der Waals surface area contributed by atoms with Crippen LogP contribution in [0.5, 0.6) is 5.75 Å². The van der Waals surface area contributed by atoms with Gasteiger partial charge in [-0.1, -0.05) is 17.3 Å². The number of aromatic nitrogens is 1. The van der Waals surface area contributed by atoms with E-state index in [9.17, 15) is 8.42 Å². The molecule has 0 aliphatic carbocycles. The largest absolute Gasteiger partial charge is 0.488 e. The van der Waals surface area contributed by atoms with Crippen molar-refractivity contribution in [3.63, 3.8) is 0 Å². The van der Waals surface area contributed by atoms with Crippen LogP contribution in [0.3, 0.4) is 0 Å². The average Bonchev–Trinajstić information content (AvgIpc) is 3.24. The standard InChI is InChI=1S/C22H23N3O4S/c1-15-3-4-16(2)20(11-15)24-7-9-25(10-8-24)30(26,27)18-5-6-21-19(12-18)22-17(14-28-21)13-23-29-22/h3-6,11-13H,7-10,14H2,1-2H3. The van der Waals surface area contributed by atoms with Crippen LogP contribution in [0.25, 0.3) is 11.3 Å². The number of anilines is 1. The number of hydrogen-bond acceptors (Lipinski definition) is 6. The molecule has 5 rings (SSSR count). The van der Waals surface area contributed by atoms with Gasteiger partial charge in [0, 0.05) is 31.9 Å². The van der Waals surface area contributed by atoms with Gasteiger partial charge in [0.05, 0.1) is 22.2 Å². The molecule has 3 heterocycles. The van der Waals surface area contributed by atoms with Crippen molar-refractivity contribution in [2.75, 3.05) is 31.1 Å². The summed E-state index contributed by atoms with van der Waals surface area (Å²) in [5.74, 6) is 1.19. The van der Waals surface area contributed by atoms with Crippen LogP contribution in [0.4, 0.5) is 5.69 Å². The quantitative estimate of drug-likeness (QED) is 0.641. The molecule has 0 atom stereocenters. The maximum atomic E-state index is 13.3. The van der Waals surface area contributed by atoms with E-state index in [2.05, 4.69) is 42.1 Å². The number of rotatable bonds is 3. The van der Waals surface area contributed by atoms with Crippen molar-refractivity contribution in [3.05, 3.63) is 59.3 Å². The molecule has 7 nitrogen and oxygen atoms in total. The zero-order valence-electron chi connectivity index (χ0n) is 17.0. The summed E-state index contributed by atoms with van der Waals surface area (Å²) in [6, 6.07) is 11.3. The molecule has 0 amide bonds. The third-order valence-corrected chi connectivity index (χ3v) is 7.70. The van der Waals surface area contributed by atoms with Gasteiger partial charge in [-0.15, -0.1) is 0 Å². The zero-order chi connectivity index (χ0) is 20.9. The number of aryl methyl sites for hydroxylation is 2. The van der Waals surface area contributed by atoms with E-state index >= 15 is 0 Å². The first-order chi connectivity index (χ1) is 14.4. The normalized spacial score (nSPS) is 16.7. The molecule has 0 spiro atoms. The Balaban J connectivity index is 1.38. The predicted molar refractivity (Wildman–Crippen MR) is 113 cm³/mol. The predicted octanol–water partition coefficient (Wildman–Crippen LogP) is 3.36. The van der Waals surface area contributed by atoms with Crippen LogP contribution in [0.1, 0.15) is 16.7 Å². The second-order valence-corrected chi connectivity index (χ2v) is 9.75. The van der Waals surface area contributed by atoms with E-state index < -0.39 is 10.0 Å². The van der Waals surface area contributed by atoms with Gasteiger partial charge in [0.25, 0.3) is 0 Å². The van der Waals surface area contributed by atoms with Gasteiger partial charge in [0.1, 0.15) is 12.4 Å². The smallest absolute Gasteiger partial charge is 0.243 e. The Morgan fingerprint density at radius 1 is 1.00 bits per heavy atom. The number of nitrogens with zero attached hydrogens (tertiary/aromatic N) is 3. The molecule has 156 valence electrons. The Bertz CT molecular complexity index is 1210. The van der Waals surface area contributed by atoms with Crippen LogP contribution >= 0.6 is 0 Å². The number of ether oxygens (including phenoxy) is 1. The molecule has 1 saturated heterocycles. The molecule has 8 heteroatoms. The number of hydrogen-bond donors (Lipinski definition) is 0. The lowest BCUT2D eigenvalue weighted by atomic mass is 10.1. The molecule has 0 N–H and O–H groups in total. The van der Waals surface area contributed by atoms with Crippen molar-refractivity contribution in [1.29, 1.82) is 0 Å². The first-order valence-corrected chi connectivity index (χ1v) is 11.4. The highest BCUT2D eigenvalue weighted by atomic mass is 32.2. The Hall–Kier alpha value is -2.84. The second-order valence-electron chi connectivity index (χ2n) is 7.81. The minimum atomic E-state index is -3.62. The van der Waals surface area contributed by atoms with Gasteiger partial charge in [-0.3, -0.25) is 0 Å². The van der Waals surface area contributed by atoms with Crippen LogP contribution in [0.15, 0.2) is 52.0 Å². The van der Waals surface area contributed by atoms with Crippen LogP contribution < -0.4 is 9.64 Å². The molecule has 0 saturated carbocycles. The summed E-state index contributed by atoms with van der Waals surface area (Å²) < 4.78 is 39.2.